The monoisotopic (exact) mass is 360 g/mol. The lowest BCUT2D eigenvalue weighted by Crippen LogP contribution is -2.08. The molecule has 1 aromatic carbocycles. The number of benzene rings is 1. The summed E-state index contributed by atoms with van der Waals surface area (Å²) in [4.78, 5) is 0. The Bertz CT molecular complexity index is 384. The first-order chi connectivity index (χ1) is 10.8. The predicted octanol–water partition coefficient (Wildman–Crippen LogP) is 7.26. The maximum Gasteiger partial charge on any atom is 0.126 e. The zero-order chi connectivity index (χ0) is 16.0. The molecule has 0 bridgehead atoms. The Morgan fingerprint density at radius 1 is 0.913 bits per heavy atom. The minimum Gasteiger partial charge on any atom is -0.207 e. The average molecular weight is 361 g/mol. The van der Waals surface area contributed by atoms with E-state index < -0.39 is 0 Å². The van der Waals surface area contributed by atoms with Gasteiger partial charge < -0.3 is 0 Å². The van der Waals surface area contributed by atoms with Gasteiger partial charge in [-0.15, -0.1) is 12.4 Å². The molecule has 0 saturated heterocycles. The molecule has 0 N–H and O–H groups in total. The van der Waals surface area contributed by atoms with Gasteiger partial charge in [0, 0.05) is 0 Å². The summed E-state index contributed by atoms with van der Waals surface area (Å²) in [5.41, 5.74) is 0.845. The topological polar surface area (TPSA) is 0 Å². The van der Waals surface area contributed by atoms with Crippen molar-refractivity contribution in [1.29, 1.82) is 0 Å². The first kappa shape index (κ1) is 22.8. The molecular weight excluding hydrogens is 327 g/mol. The molecule has 0 heterocycles. The van der Waals surface area contributed by atoms with Gasteiger partial charge in [0.15, 0.2) is 0 Å². The molecule has 1 unspecified atom stereocenters. The van der Waals surface area contributed by atoms with Gasteiger partial charge in [0.1, 0.15) is 5.82 Å². The molecule has 23 heavy (non-hydrogen) atoms. The molecular formula is C20H34ClFS. The van der Waals surface area contributed by atoms with Gasteiger partial charge in [-0.05, 0) is 36.1 Å². The number of unbranched alkanes of at least 4 members (excludes halogenated alkanes) is 8. The van der Waals surface area contributed by atoms with Crippen molar-refractivity contribution in [2.45, 2.75) is 77.6 Å². The summed E-state index contributed by atoms with van der Waals surface area (Å²) in [6, 6.07) is 7.15. The molecule has 0 radical (unpaired) electrons. The fourth-order valence-electron chi connectivity index (χ4n) is 2.98. The second kappa shape index (κ2) is 15.3. The molecule has 1 aromatic rings. The van der Waals surface area contributed by atoms with Crippen LogP contribution in [-0.4, -0.2) is 5.75 Å². The van der Waals surface area contributed by atoms with Crippen LogP contribution in [0.3, 0.4) is 0 Å². The number of rotatable bonds is 13. The Kier molecular flexibility index (Phi) is 15.2. The maximum absolute atomic E-state index is 13.7. The van der Waals surface area contributed by atoms with E-state index in [0.717, 1.165) is 17.7 Å². The lowest BCUT2D eigenvalue weighted by molar-refractivity contribution is 0.475. The van der Waals surface area contributed by atoms with Crippen molar-refractivity contribution in [1.82, 2.24) is 0 Å². The molecule has 0 fully saturated rings. The molecule has 3 heteroatoms. The summed E-state index contributed by atoms with van der Waals surface area (Å²) in [5, 5.41) is 0. The van der Waals surface area contributed by atoms with E-state index in [-0.39, 0.29) is 18.2 Å². The predicted molar refractivity (Wildman–Crippen MR) is 107 cm³/mol. The second-order valence-corrected chi connectivity index (χ2v) is 6.83. The standard InChI is InChI=1S/C20H33FS.ClH/c1-2-3-4-5-6-7-8-9-10-13-18(17-22)16-19-14-11-12-15-20(19)21;/h11-12,14-15,18,22H,2-10,13,16-17H2,1H3;1H. The summed E-state index contributed by atoms with van der Waals surface area (Å²) < 4.78 is 13.7. The summed E-state index contributed by atoms with van der Waals surface area (Å²) >= 11 is 4.45. The van der Waals surface area contributed by atoms with E-state index in [2.05, 4.69) is 19.6 Å². The van der Waals surface area contributed by atoms with Crippen molar-refractivity contribution in [3.05, 3.63) is 35.6 Å². The molecule has 0 aromatic heterocycles. The van der Waals surface area contributed by atoms with E-state index in [1.54, 1.807) is 12.1 Å². The van der Waals surface area contributed by atoms with Crippen molar-refractivity contribution >= 4 is 25.0 Å². The van der Waals surface area contributed by atoms with Crippen molar-refractivity contribution in [3.63, 3.8) is 0 Å². The van der Waals surface area contributed by atoms with Gasteiger partial charge in [-0.2, -0.15) is 12.6 Å². The SMILES string of the molecule is CCCCCCCCCCCC(CS)Cc1ccccc1F.Cl. The molecule has 0 spiro atoms. The van der Waals surface area contributed by atoms with Crippen molar-refractivity contribution in [2.24, 2.45) is 5.92 Å². The average Bonchev–Trinajstić information content (AvgIpc) is 2.54. The van der Waals surface area contributed by atoms with Crippen LogP contribution >= 0.6 is 25.0 Å². The van der Waals surface area contributed by atoms with Crippen LogP contribution < -0.4 is 0 Å². The Morgan fingerprint density at radius 2 is 1.48 bits per heavy atom. The fourth-order valence-corrected chi connectivity index (χ4v) is 3.29. The van der Waals surface area contributed by atoms with Gasteiger partial charge in [-0.1, -0.05) is 82.9 Å². The minimum absolute atomic E-state index is 0. The molecule has 1 rings (SSSR count). The number of thiol groups is 1. The van der Waals surface area contributed by atoms with Gasteiger partial charge >= 0.3 is 0 Å². The third kappa shape index (κ3) is 11.1. The molecule has 1 atom stereocenters. The normalized spacial score (nSPS) is 12.0. The van der Waals surface area contributed by atoms with Crippen molar-refractivity contribution in [3.8, 4) is 0 Å². The van der Waals surface area contributed by atoms with Crippen LogP contribution in [0.25, 0.3) is 0 Å². The molecule has 134 valence electrons. The minimum atomic E-state index is -0.0682. The highest BCUT2D eigenvalue weighted by molar-refractivity contribution is 7.80. The highest BCUT2D eigenvalue weighted by atomic mass is 35.5. The summed E-state index contributed by atoms with van der Waals surface area (Å²) in [6.45, 7) is 2.26. The highest BCUT2D eigenvalue weighted by Crippen LogP contribution is 2.20. The van der Waals surface area contributed by atoms with E-state index in [1.165, 1.54) is 64.2 Å². The largest absolute Gasteiger partial charge is 0.207 e. The molecule has 0 aliphatic heterocycles. The van der Waals surface area contributed by atoms with Crippen molar-refractivity contribution < 1.29 is 4.39 Å². The number of hydrogen-bond acceptors (Lipinski definition) is 1. The fraction of sp³-hybridized carbons (Fsp3) is 0.700. The van der Waals surface area contributed by atoms with Gasteiger partial charge in [0.2, 0.25) is 0 Å². The molecule has 0 nitrogen and oxygen atoms in total. The van der Waals surface area contributed by atoms with Crippen molar-refractivity contribution in [2.75, 3.05) is 5.75 Å². The van der Waals surface area contributed by atoms with Crippen LogP contribution in [0.4, 0.5) is 4.39 Å². The van der Waals surface area contributed by atoms with E-state index in [0.29, 0.717) is 5.92 Å². The molecule has 0 saturated carbocycles. The van der Waals surface area contributed by atoms with Gasteiger partial charge in [-0.25, -0.2) is 4.39 Å². The lowest BCUT2D eigenvalue weighted by Gasteiger charge is -2.14. The van der Waals surface area contributed by atoms with Gasteiger partial charge in [0.05, 0.1) is 0 Å². The Labute approximate surface area is 154 Å². The third-order valence-electron chi connectivity index (χ3n) is 4.44. The van der Waals surface area contributed by atoms with Crippen LogP contribution in [0.2, 0.25) is 0 Å². The summed E-state index contributed by atoms with van der Waals surface area (Å²) in [6.07, 6.45) is 14.2. The Hall–Kier alpha value is -0.210. The summed E-state index contributed by atoms with van der Waals surface area (Å²) in [5.74, 6) is 1.29. The van der Waals surface area contributed by atoms with Crippen LogP contribution in [0, 0.1) is 11.7 Å². The number of halogens is 2. The third-order valence-corrected chi connectivity index (χ3v) is 4.96. The Balaban J connectivity index is 0.00000484. The van der Waals surface area contributed by atoms with Gasteiger partial charge in [0.25, 0.3) is 0 Å². The van der Waals surface area contributed by atoms with E-state index in [1.807, 2.05) is 12.1 Å². The Morgan fingerprint density at radius 3 is 2.04 bits per heavy atom. The maximum atomic E-state index is 13.7. The smallest absolute Gasteiger partial charge is 0.126 e. The highest BCUT2D eigenvalue weighted by Gasteiger charge is 2.10. The van der Waals surface area contributed by atoms with Crippen LogP contribution in [0.5, 0.6) is 0 Å². The zero-order valence-corrected chi connectivity index (χ0v) is 16.3. The van der Waals surface area contributed by atoms with Crippen LogP contribution in [-0.2, 0) is 6.42 Å². The summed E-state index contributed by atoms with van der Waals surface area (Å²) in [7, 11) is 0. The van der Waals surface area contributed by atoms with E-state index >= 15 is 0 Å². The van der Waals surface area contributed by atoms with Gasteiger partial charge in [-0.3, -0.25) is 0 Å². The molecule has 0 amide bonds. The van der Waals surface area contributed by atoms with E-state index in [4.69, 9.17) is 0 Å². The quantitative estimate of drug-likeness (QED) is 0.278. The first-order valence-corrected chi connectivity index (χ1v) is 9.75. The van der Waals surface area contributed by atoms with Crippen LogP contribution in [0.1, 0.15) is 76.7 Å². The number of hydrogen-bond donors (Lipinski definition) is 1. The van der Waals surface area contributed by atoms with E-state index in [9.17, 15) is 4.39 Å². The zero-order valence-electron chi connectivity index (χ0n) is 14.6. The second-order valence-electron chi connectivity index (χ2n) is 6.46. The molecule has 0 aliphatic rings. The molecule has 0 aliphatic carbocycles. The van der Waals surface area contributed by atoms with Crippen LogP contribution in [0.15, 0.2) is 24.3 Å². The first-order valence-electron chi connectivity index (χ1n) is 9.12. The lowest BCUT2D eigenvalue weighted by atomic mass is 9.94.